The van der Waals surface area contributed by atoms with E-state index in [1.54, 1.807) is 55.5 Å². The second-order valence-corrected chi connectivity index (χ2v) is 7.55. The van der Waals surface area contributed by atoms with Gasteiger partial charge < -0.3 is 15.2 Å². The number of rotatable bonds is 8. The normalized spacial score (nSPS) is 10.9. The number of carbonyl (C=O) groups excluding carboxylic acids is 2. The van der Waals surface area contributed by atoms with Crippen molar-refractivity contribution in [3.63, 3.8) is 0 Å². The number of hydrogen-bond acceptors (Lipinski definition) is 5. The zero-order valence-corrected chi connectivity index (χ0v) is 17.6. The highest BCUT2D eigenvalue weighted by Gasteiger charge is 2.16. The fourth-order valence-corrected chi connectivity index (χ4v) is 3.73. The van der Waals surface area contributed by atoms with Gasteiger partial charge in [-0.2, -0.15) is 0 Å². The molecule has 3 aromatic carbocycles. The molecule has 0 aliphatic heterocycles. The van der Waals surface area contributed by atoms with E-state index >= 15 is 0 Å². The van der Waals surface area contributed by atoms with Crippen LogP contribution >= 0.6 is 11.8 Å². The van der Waals surface area contributed by atoms with Gasteiger partial charge in [0, 0.05) is 33.4 Å². The second kappa shape index (κ2) is 10.4. The van der Waals surface area contributed by atoms with Crippen LogP contribution in [0.15, 0.2) is 77.7 Å². The number of carboxylic acids is 1. The van der Waals surface area contributed by atoms with Crippen LogP contribution in [0.3, 0.4) is 0 Å². The summed E-state index contributed by atoms with van der Waals surface area (Å²) in [7, 11) is 0. The maximum atomic E-state index is 12.9. The van der Waals surface area contributed by atoms with Crippen LogP contribution in [0, 0.1) is 0 Å². The van der Waals surface area contributed by atoms with Crippen molar-refractivity contribution in [1.82, 2.24) is 0 Å². The molecule has 3 aromatic rings. The number of benzene rings is 3. The van der Waals surface area contributed by atoms with Crippen molar-refractivity contribution >= 4 is 46.1 Å². The highest BCUT2D eigenvalue weighted by molar-refractivity contribution is 7.99. The van der Waals surface area contributed by atoms with Crippen molar-refractivity contribution in [3.8, 4) is 0 Å². The predicted octanol–water partition coefficient (Wildman–Crippen LogP) is 5.00. The van der Waals surface area contributed by atoms with Crippen molar-refractivity contribution in [3.05, 3.63) is 83.9 Å². The first-order valence-corrected chi connectivity index (χ1v) is 10.6. The molecule has 0 aromatic heterocycles. The number of anilines is 1. The van der Waals surface area contributed by atoms with Crippen molar-refractivity contribution < 1.29 is 24.2 Å². The van der Waals surface area contributed by atoms with Crippen LogP contribution in [0.1, 0.15) is 27.6 Å². The van der Waals surface area contributed by atoms with E-state index in [1.807, 2.05) is 12.1 Å². The summed E-state index contributed by atoms with van der Waals surface area (Å²) in [5, 5.41) is 13.4. The molecule has 7 heteroatoms. The van der Waals surface area contributed by atoms with Gasteiger partial charge in [-0.3, -0.25) is 4.79 Å². The number of fused-ring (bicyclic) bond motifs is 1. The van der Waals surface area contributed by atoms with E-state index in [2.05, 4.69) is 5.32 Å². The number of ether oxygens (including phenoxy) is 1. The van der Waals surface area contributed by atoms with Gasteiger partial charge >= 0.3 is 11.9 Å². The molecule has 0 aliphatic rings. The topological polar surface area (TPSA) is 92.7 Å². The van der Waals surface area contributed by atoms with Gasteiger partial charge in [-0.25, -0.2) is 9.59 Å². The Morgan fingerprint density at radius 3 is 2.32 bits per heavy atom. The number of nitrogens with one attached hydrogen (secondary N) is 1. The van der Waals surface area contributed by atoms with E-state index in [4.69, 9.17) is 4.74 Å². The lowest BCUT2D eigenvalue weighted by atomic mass is 9.98. The van der Waals surface area contributed by atoms with Crippen LogP contribution in [-0.4, -0.2) is 35.3 Å². The Kier molecular flexibility index (Phi) is 7.45. The number of thioether (sulfide) groups is 1. The molecule has 0 heterocycles. The fraction of sp³-hybridized carbons (Fsp3) is 0.125. The molecule has 2 N–H and O–H groups in total. The van der Waals surface area contributed by atoms with E-state index in [9.17, 15) is 19.5 Å². The summed E-state index contributed by atoms with van der Waals surface area (Å²) < 4.78 is 4.82. The standard InChI is InChI=1S/C24H21NO5S/c1-2-30-21(26)10-5-15-31-18-13-11-17(12-14-18)25-23(27)19-8-3-6-16-7-4-9-20(22(16)19)24(28)29/h3-14H,2,15H2,1H3,(H,25,27)(H,28,29)/b10-5+. The lowest BCUT2D eigenvalue weighted by Crippen LogP contribution is -2.13. The summed E-state index contributed by atoms with van der Waals surface area (Å²) in [5.41, 5.74) is 0.991. The zero-order chi connectivity index (χ0) is 22.2. The van der Waals surface area contributed by atoms with E-state index in [0.717, 1.165) is 4.90 Å². The summed E-state index contributed by atoms with van der Waals surface area (Å²) >= 11 is 1.54. The summed E-state index contributed by atoms with van der Waals surface area (Å²) in [5.74, 6) is -1.21. The molecule has 0 spiro atoms. The van der Waals surface area contributed by atoms with Crippen molar-refractivity contribution in [1.29, 1.82) is 0 Å². The first kappa shape index (κ1) is 22.1. The first-order valence-electron chi connectivity index (χ1n) is 9.62. The molecule has 0 unspecified atom stereocenters. The Labute approximate surface area is 183 Å². The molecule has 0 saturated heterocycles. The summed E-state index contributed by atoms with van der Waals surface area (Å²) in [6.45, 7) is 2.10. The number of amides is 1. The molecule has 0 fully saturated rings. The minimum Gasteiger partial charge on any atom is -0.478 e. The summed E-state index contributed by atoms with van der Waals surface area (Å²) in [6, 6.07) is 17.3. The van der Waals surface area contributed by atoms with Crippen molar-refractivity contribution in [2.24, 2.45) is 0 Å². The molecule has 0 aliphatic carbocycles. The van der Waals surface area contributed by atoms with Gasteiger partial charge in [-0.15, -0.1) is 11.8 Å². The molecule has 6 nitrogen and oxygen atoms in total. The Morgan fingerprint density at radius 1 is 1.00 bits per heavy atom. The molecule has 31 heavy (non-hydrogen) atoms. The molecule has 158 valence electrons. The number of carbonyl (C=O) groups is 3. The highest BCUT2D eigenvalue weighted by atomic mass is 32.2. The molecule has 1 amide bonds. The average molecular weight is 436 g/mol. The van der Waals surface area contributed by atoms with Crippen LogP contribution in [0.25, 0.3) is 10.8 Å². The van der Waals surface area contributed by atoms with Crippen molar-refractivity contribution in [2.45, 2.75) is 11.8 Å². The third-order valence-corrected chi connectivity index (χ3v) is 5.34. The summed E-state index contributed by atoms with van der Waals surface area (Å²) in [6.07, 6.45) is 3.14. The quantitative estimate of drug-likeness (QED) is 0.294. The fourth-order valence-electron chi connectivity index (χ4n) is 3.02. The first-order chi connectivity index (χ1) is 15.0. The molecular formula is C24H21NO5S. The van der Waals surface area contributed by atoms with Gasteiger partial charge in [0.05, 0.1) is 12.2 Å². The van der Waals surface area contributed by atoms with Gasteiger partial charge in [0.25, 0.3) is 5.91 Å². The van der Waals surface area contributed by atoms with E-state index in [0.29, 0.717) is 34.4 Å². The lowest BCUT2D eigenvalue weighted by Gasteiger charge is -2.10. The van der Waals surface area contributed by atoms with Crippen LogP contribution in [0.2, 0.25) is 0 Å². The Hall–Kier alpha value is -3.58. The van der Waals surface area contributed by atoms with Crippen LogP contribution in [0.5, 0.6) is 0 Å². The Bertz CT molecular complexity index is 1130. The number of hydrogen-bond donors (Lipinski definition) is 2. The number of esters is 1. The van der Waals surface area contributed by atoms with Crippen molar-refractivity contribution in [2.75, 3.05) is 17.7 Å². The maximum Gasteiger partial charge on any atom is 0.336 e. The predicted molar refractivity (Wildman–Crippen MR) is 122 cm³/mol. The van der Waals surface area contributed by atoms with E-state index < -0.39 is 5.97 Å². The van der Waals surface area contributed by atoms with E-state index in [-0.39, 0.29) is 17.4 Å². The zero-order valence-electron chi connectivity index (χ0n) is 16.8. The van der Waals surface area contributed by atoms with Gasteiger partial charge in [-0.05, 0) is 48.7 Å². The third kappa shape index (κ3) is 5.73. The van der Waals surface area contributed by atoms with Crippen LogP contribution in [-0.2, 0) is 9.53 Å². The summed E-state index contributed by atoms with van der Waals surface area (Å²) in [4.78, 5) is 36.7. The molecule has 0 radical (unpaired) electrons. The minimum atomic E-state index is -1.08. The molecular weight excluding hydrogens is 414 g/mol. The van der Waals surface area contributed by atoms with Gasteiger partial charge in [0.2, 0.25) is 0 Å². The van der Waals surface area contributed by atoms with E-state index in [1.165, 1.54) is 23.9 Å². The van der Waals surface area contributed by atoms with Gasteiger partial charge in [-0.1, -0.05) is 30.3 Å². The Morgan fingerprint density at radius 2 is 1.68 bits per heavy atom. The number of carboxylic acid groups (broad SMARTS) is 1. The van der Waals surface area contributed by atoms with Gasteiger partial charge in [0.15, 0.2) is 0 Å². The monoisotopic (exact) mass is 435 g/mol. The minimum absolute atomic E-state index is 0.0888. The molecule has 0 atom stereocenters. The average Bonchev–Trinajstić information content (AvgIpc) is 2.77. The van der Waals surface area contributed by atoms with Gasteiger partial charge in [0.1, 0.15) is 0 Å². The van der Waals surface area contributed by atoms with Crippen LogP contribution < -0.4 is 5.32 Å². The molecule has 0 bridgehead atoms. The smallest absolute Gasteiger partial charge is 0.336 e. The third-order valence-electron chi connectivity index (χ3n) is 4.38. The maximum absolute atomic E-state index is 12.9. The molecule has 0 saturated carbocycles. The Balaban J connectivity index is 1.69. The lowest BCUT2D eigenvalue weighted by molar-refractivity contribution is -0.137. The SMILES string of the molecule is CCOC(=O)/C=C/CSc1ccc(NC(=O)c2cccc3cccc(C(=O)O)c23)cc1. The second-order valence-electron chi connectivity index (χ2n) is 6.46. The number of aromatic carboxylic acids is 1. The van der Waals surface area contributed by atoms with Crippen LogP contribution in [0.4, 0.5) is 5.69 Å². The highest BCUT2D eigenvalue weighted by Crippen LogP contribution is 2.25. The largest absolute Gasteiger partial charge is 0.478 e. The molecule has 3 rings (SSSR count).